The van der Waals surface area contributed by atoms with Crippen molar-refractivity contribution in [3.05, 3.63) is 93.7 Å². The molecule has 0 spiro atoms. The van der Waals surface area contributed by atoms with Crippen LogP contribution in [0.5, 0.6) is 0 Å². The largest absolute Gasteiger partial charge is 0.412 e. The van der Waals surface area contributed by atoms with Gasteiger partial charge in [0.15, 0.2) is 0 Å². The summed E-state index contributed by atoms with van der Waals surface area (Å²) in [5.74, 6) is -0.769. The number of hydrogen-bond acceptors (Lipinski definition) is 6. The number of nitrogens with one attached hydrogen (secondary N) is 4. The van der Waals surface area contributed by atoms with Crippen LogP contribution < -0.4 is 20.7 Å². The van der Waals surface area contributed by atoms with Gasteiger partial charge >= 0.3 is 0 Å². The number of allylic oxidation sites excluding steroid dienone is 2. The van der Waals surface area contributed by atoms with Crippen molar-refractivity contribution in [2.45, 2.75) is 85.3 Å². The van der Waals surface area contributed by atoms with Crippen molar-refractivity contribution in [1.82, 2.24) is 20.7 Å². The Morgan fingerprint density at radius 1 is 0.956 bits per heavy atom. The summed E-state index contributed by atoms with van der Waals surface area (Å²) in [4.78, 5) is 41.3. The van der Waals surface area contributed by atoms with Crippen molar-refractivity contribution in [2.75, 3.05) is 6.54 Å². The van der Waals surface area contributed by atoms with E-state index in [4.69, 9.17) is 0 Å². The SMILES string of the molecule is C.C.C/C=C(\C)c1ccc(CNC(=O)CNC(=O)[C@]2(Cc3cccc(CNSc4ccccc4)c3)CCC(=O)N2)s1.CC.O.O. The molecule has 4 rings (SSSR count). The molecule has 2 aromatic carbocycles. The van der Waals surface area contributed by atoms with Crippen LogP contribution in [0.3, 0.4) is 0 Å². The Bertz CT molecular complexity index is 1350. The highest BCUT2D eigenvalue weighted by atomic mass is 32.2. The minimum absolute atomic E-state index is 0. The van der Waals surface area contributed by atoms with E-state index in [9.17, 15) is 14.4 Å². The minimum Gasteiger partial charge on any atom is -0.412 e. The zero-order chi connectivity index (χ0) is 29.7. The maximum atomic E-state index is 13.3. The van der Waals surface area contributed by atoms with E-state index in [0.29, 0.717) is 25.9 Å². The third kappa shape index (κ3) is 13.2. The summed E-state index contributed by atoms with van der Waals surface area (Å²) in [5.41, 5.74) is 2.15. The molecule has 1 aliphatic heterocycles. The lowest BCUT2D eigenvalue weighted by Gasteiger charge is -2.28. The molecule has 1 atom stereocenters. The van der Waals surface area contributed by atoms with E-state index in [1.165, 1.54) is 10.5 Å². The van der Waals surface area contributed by atoms with Crippen molar-refractivity contribution < 1.29 is 25.3 Å². The third-order valence-electron chi connectivity index (χ3n) is 6.65. The number of benzene rings is 2. The maximum Gasteiger partial charge on any atom is 0.246 e. The number of rotatable bonds is 12. The fraction of sp³-hybridized carbons (Fsp3) is 0.382. The Kier molecular flexibility index (Phi) is 21.4. The van der Waals surface area contributed by atoms with Gasteiger partial charge in [0.1, 0.15) is 5.54 Å². The summed E-state index contributed by atoms with van der Waals surface area (Å²) in [6.45, 7) is 8.96. The fourth-order valence-electron chi connectivity index (χ4n) is 4.40. The van der Waals surface area contributed by atoms with Gasteiger partial charge in [0.25, 0.3) is 0 Å². The van der Waals surface area contributed by atoms with Gasteiger partial charge in [-0.3, -0.25) is 19.1 Å². The van der Waals surface area contributed by atoms with E-state index >= 15 is 0 Å². The molecule has 8 N–H and O–H groups in total. The van der Waals surface area contributed by atoms with E-state index < -0.39 is 5.54 Å². The molecule has 1 saturated heterocycles. The predicted molar refractivity (Wildman–Crippen MR) is 190 cm³/mol. The number of hydrogen-bond donors (Lipinski definition) is 4. The molecule has 1 fully saturated rings. The highest BCUT2D eigenvalue weighted by Crippen LogP contribution is 2.26. The quantitative estimate of drug-likeness (QED) is 0.195. The van der Waals surface area contributed by atoms with Crippen LogP contribution in [0.4, 0.5) is 0 Å². The van der Waals surface area contributed by atoms with Gasteiger partial charge < -0.3 is 26.9 Å². The molecule has 0 radical (unpaired) electrons. The van der Waals surface area contributed by atoms with Crippen LogP contribution in [-0.2, 0) is 33.9 Å². The molecular formula is C34H52N4O5S2. The van der Waals surface area contributed by atoms with Crippen LogP contribution in [0, 0.1) is 0 Å². The van der Waals surface area contributed by atoms with Crippen LogP contribution >= 0.6 is 23.3 Å². The number of carbonyl (C=O) groups excluding carboxylic acids is 3. The molecule has 45 heavy (non-hydrogen) atoms. The summed E-state index contributed by atoms with van der Waals surface area (Å²) in [6, 6.07) is 22.1. The molecule has 3 aromatic rings. The Balaban J connectivity index is 0. The fourth-order valence-corrected chi connectivity index (χ4v) is 6.07. The molecule has 0 unspecified atom stereocenters. The Hall–Kier alpha value is -3.48. The van der Waals surface area contributed by atoms with Crippen molar-refractivity contribution in [3.63, 3.8) is 0 Å². The van der Waals surface area contributed by atoms with E-state index in [2.05, 4.69) is 39.7 Å². The molecule has 0 saturated carbocycles. The van der Waals surface area contributed by atoms with Gasteiger partial charge in [0.05, 0.1) is 13.1 Å². The van der Waals surface area contributed by atoms with E-state index in [1.54, 1.807) is 23.3 Å². The number of amides is 3. The molecule has 2 heterocycles. The van der Waals surface area contributed by atoms with Crippen LogP contribution in [0.15, 0.2) is 77.7 Å². The lowest BCUT2D eigenvalue weighted by Crippen LogP contribution is -2.57. The second-order valence-corrected chi connectivity index (χ2v) is 11.7. The standard InChI is InChI=1S/C30H34N4O3S2.C2H6.2CH4.2H2O/c1-3-21(2)26-13-12-25(38-26)19-31-28(36)20-32-29(37)30(15-14-27(35)34-30)17-22-8-7-9-23(16-22)18-33-39-24-10-5-4-6-11-24;1-2;;;;/h3-13,16,33H,14-15,17-20H2,1-2H3,(H,31,36)(H,32,37)(H,34,35);1-2H3;2*1H4;2*1H2/b21-3+;;;;;/t30-;;;;;/m1...../s1. The number of thiophene rings is 1. The molecule has 250 valence electrons. The molecule has 0 bridgehead atoms. The third-order valence-corrected chi connectivity index (χ3v) is 8.67. The van der Waals surface area contributed by atoms with Gasteiger partial charge in [-0.25, -0.2) is 0 Å². The first-order valence-corrected chi connectivity index (χ1v) is 15.6. The average Bonchev–Trinajstić information content (AvgIpc) is 3.63. The topological polar surface area (TPSA) is 162 Å². The van der Waals surface area contributed by atoms with E-state index in [0.717, 1.165) is 20.9 Å². The van der Waals surface area contributed by atoms with Gasteiger partial charge in [0, 0.05) is 34.0 Å². The first-order chi connectivity index (χ1) is 19.9. The van der Waals surface area contributed by atoms with Crippen molar-refractivity contribution in [2.24, 2.45) is 0 Å². The Morgan fingerprint density at radius 2 is 1.64 bits per heavy atom. The normalized spacial score (nSPS) is 14.9. The highest BCUT2D eigenvalue weighted by molar-refractivity contribution is 7.97. The second-order valence-electron chi connectivity index (χ2n) is 9.56. The number of carbonyl (C=O) groups is 3. The smallest absolute Gasteiger partial charge is 0.246 e. The van der Waals surface area contributed by atoms with Crippen LogP contribution in [0.2, 0.25) is 0 Å². The summed E-state index contributed by atoms with van der Waals surface area (Å²) < 4.78 is 3.37. The molecule has 9 nitrogen and oxygen atoms in total. The van der Waals surface area contributed by atoms with Crippen LogP contribution in [0.1, 0.15) is 76.3 Å². The summed E-state index contributed by atoms with van der Waals surface area (Å²) in [6.07, 6.45) is 3.07. The molecule has 11 heteroatoms. The molecule has 1 aromatic heterocycles. The van der Waals surface area contributed by atoms with Crippen molar-refractivity contribution in [1.29, 1.82) is 0 Å². The van der Waals surface area contributed by atoms with Gasteiger partial charge in [-0.15, -0.1) is 11.3 Å². The first kappa shape index (κ1) is 43.6. The second kappa shape index (κ2) is 22.1. The van der Waals surface area contributed by atoms with Crippen molar-refractivity contribution >= 4 is 46.6 Å². The highest BCUT2D eigenvalue weighted by Gasteiger charge is 2.44. The molecule has 3 amide bonds. The Morgan fingerprint density at radius 3 is 2.29 bits per heavy atom. The van der Waals surface area contributed by atoms with Crippen LogP contribution in [0.25, 0.3) is 5.57 Å². The van der Waals surface area contributed by atoms with Gasteiger partial charge in [-0.05, 0) is 73.2 Å². The predicted octanol–water partition coefficient (Wildman–Crippen LogP) is 5.24. The minimum atomic E-state index is -1.07. The van der Waals surface area contributed by atoms with Crippen LogP contribution in [-0.4, -0.2) is 40.8 Å². The van der Waals surface area contributed by atoms with Gasteiger partial charge in [-0.2, -0.15) is 0 Å². The first-order valence-electron chi connectivity index (χ1n) is 14.0. The molecule has 1 aliphatic rings. The molecule has 0 aliphatic carbocycles. The lowest BCUT2D eigenvalue weighted by atomic mass is 9.87. The molecular weight excluding hydrogens is 609 g/mol. The van der Waals surface area contributed by atoms with E-state index in [1.807, 2.05) is 81.4 Å². The van der Waals surface area contributed by atoms with E-state index in [-0.39, 0.29) is 56.5 Å². The average molecular weight is 661 g/mol. The zero-order valence-corrected chi connectivity index (χ0v) is 26.8. The zero-order valence-electron chi connectivity index (χ0n) is 25.2. The Labute approximate surface area is 277 Å². The monoisotopic (exact) mass is 660 g/mol. The summed E-state index contributed by atoms with van der Waals surface area (Å²) in [5, 5.41) is 8.51. The van der Waals surface area contributed by atoms with Crippen molar-refractivity contribution in [3.8, 4) is 0 Å². The van der Waals surface area contributed by atoms with Gasteiger partial charge in [0.2, 0.25) is 17.7 Å². The maximum absolute atomic E-state index is 13.3. The summed E-state index contributed by atoms with van der Waals surface area (Å²) >= 11 is 3.20. The lowest BCUT2D eigenvalue weighted by molar-refractivity contribution is -0.131. The van der Waals surface area contributed by atoms with Gasteiger partial charge in [-0.1, -0.05) is 77.2 Å². The summed E-state index contributed by atoms with van der Waals surface area (Å²) in [7, 11) is 0.